The maximum atomic E-state index is 12.9. The first kappa shape index (κ1) is 17.9. The predicted octanol–water partition coefficient (Wildman–Crippen LogP) is 2.93. The van der Waals surface area contributed by atoms with Gasteiger partial charge in [-0.3, -0.25) is 4.90 Å². The molecule has 0 saturated carbocycles. The van der Waals surface area contributed by atoms with Crippen LogP contribution in [0.4, 0.5) is 4.39 Å². The van der Waals surface area contributed by atoms with E-state index >= 15 is 0 Å². The van der Waals surface area contributed by atoms with Crippen LogP contribution < -0.4 is 5.32 Å². The number of halogens is 2. The molecule has 0 spiro atoms. The third-order valence-corrected chi connectivity index (χ3v) is 3.80. The van der Waals surface area contributed by atoms with E-state index in [0.29, 0.717) is 6.54 Å². The van der Waals surface area contributed by atoms with Crippen LogP contribution in [0.2, 0.25) is 0 Å². The first-order valence-electron chi connectivity index (χ1n) is 7.67. The fourth-order valence-electron chi connectivity index (χ4n) is 2.52. The summed E-state index contributed by atoms with van der Waals surface area (Å²) in [5.41, 5.74) is 0.890. The molecule has 1 aliphatic rings. The van der Waals surface area contributed by atoms with Gasteiger partial charge in [0, 0.05) is 31.7 Å². The Morgan fingerprint density at radius 2 is 1.78 bits per heavy atom. The molecule has 3 rings (SSSR count). The summed E-state index contributed by atoms with van der Waals surface area (Å²) in [7, 11) is 0. The van der Waals surface area contributed by atoms with Gasteiger partial charge >= 0.3 is 0 Å². The lowest BCUT2D eigenvalue weighted by Gasteiger charge is -2.26. The molecule has 1 saturated heterocycles. The Morgan fingerprint density at radius 1 is 1.04 bits per heavy atom. The van der Waals surface area contributed by atoms with Crippen LogP contribution in [0.25, 0.3) is 11.3 Å². The highest BCUT2D eigenvalue weighted by Crippen LogP contribution is 2.22. The monoisotopic (exact) mass is 340 g/mol. The number of hydrogen-bond acceptors (Lipinski definition) is 4. The first-order chi connectivity index (χ1) is 10.8. The summed E-state index contributed by atoms with van der Waals surface area (Å²) in [6.45, 7) is 6.33. The summed E-state index contributed by atoms with van der Waals surface area (Å²) in [4.78, 5) is 2.39. The van der Waals surface area contributed by atoms with E-state index in [9.17, 15) is 4.39 Å². The van der Waals surface area contributed by atoms with Crippen LogP contribution in [-0.2, 0) is 11.3 Å². The van der Waals surface area contributed by atoms with Gasteiger partial charge in [-0.25, -0.2) is 4.39 Å². The molecule has 1 aromatic heterocycles. The topological polar surface area (TPSA) is 37.6 Å². The number of rotatable bonds is 6. The predicted molar refractivity (Wildman–Crippen MR) is 90.3 cm³/mol. The van der Waals surface area contributed by atoms with Gasteiger partial charge in [-0.2, -0.15) is 0 Å². The Kier molecular flexibility index (Phi) is 7.05. The third kappa shape index (κ3) is 5.32. The number of morpholine rings is 1. The maximum Gasteiger partial charge on any atom is 0.134 e. The summed E-state index contributed by atoms with van der Waals surface area (Å²) in [6.07, 6.45) is 0. The van der Waals surface area contributed by atoms with Gasteiger partial charge in [0.1, 0.15) is 17.3 Å². The molecule has 126 valence electrons. The lowest BCUT2D eigenvalue weighted by molar-refractivity contribution is 0.0383. The van der Waals surface area contributed by atoms with Gasteiger partial charge in [-0.05, 0) is 36.4 Å². The second kappa shape index (κ2) is 9.03. The van der Waals surface area contributed by atoms with Crippen LogP contribution in [0.15, 0.2) is 40.8 Å². The highest BCUT2D eigenvalue weighted by atomic mass is 35.5. The Labute approximate surface area is 142 Å². The molecule has 0 bridgehead atoms. The molecule has 2 heterocycles. The van der Waals surface area contributed by atoms with E-state index in [1.54, 1.807) is 12.1 Å². The van der Waals surface area contributed by atoms with E-state index in [1.165, 1.54) is 12.1 Å². The Morgan fingerprint density at radius 3 is 2.52 bits per heavy atom. The zero-order valence-corrected chi connectivity index (χ0v) is 13.8. The van der Waals surface area contributed by atoms with Gasteiger partial charge < -0.3 is 14.5 Å². The van der Waals surface area contributed by atoms with E-state index in [2.05, 4.69) is 10.2 Å². The molecular formula is C17H22ClFN2O2. The van der Waals surface area contributed by atoms with Crippen molar-refractivity contribution in [3.63, 3.8) is 0 Å². The average Bonchev–Trinajstić information content (AvgIpc) is 3.02. The van der Waals surface area contributed by atoms with Crippen LogP contribution in [0.1, 0.15) is 5.76 Å². The van der Waals surface area contributed by atoms with Gasteiger partial charge in [0.15, 0.2) is 0 Å². The van der Waals surface area contributed by atoms with Crippen LogP contribution in [-0.4, -0.2) is 44.3 Å². The van der Waals surface area contributed by atoms with Crippen molar-refractivity contribution in [2.24, 2.45) is 0 Å². The fraction of sp³-hybridized carbons (Fsp3) is 0.412. The molecule has 1 aromatic carbocycles. The number of furan rings is 1. The minimum absolute atomic E-state index is 0. The Bertz CT molecular complexity index is 583. The van der Waals surface area contributed by atoms with Crippen molar-refractivity contribution in [3.05, 3.63) is 48.0 Å². The molecule has 1 N–H and O–H groups in total. The van der Waals surface area contributed by atoms with E-state index in [4.69, 9.17) is 9.15 Å². The number of ether oxygens (including phenoxy) is 1. The van der Waals surface area contributed by atoms with Crippen LogP contribution in [0, 0.1) is 5.82 Å². The lowest BCUT2D eigenvalue weighted by Crippen LogP contribution is -2.40. The molecule has 4 nitrogen and oxygen atoms in total. The van der Waals surface area contributed by atoms with Crippen molar-refractivity contribution in [2.45, 2.75) is 6.54 Å². The molecule has 0 radical (unpaired) electrons. The van der Waals surface area contributed by atoms with Crippen LogP contribution >= 0.6 is 12.4 Å². The average molecular weight is 341 g/mol. The smallest absolute Gasteiger partial charge is 0.134 e. The highest BCUT2D eigenvalue weighted by molar-refractivity contribution is 5.85. The van der Waals surface area contributed by atoms with Crippen molar-refractivity contribution in [1.82, 2.24) is 10.2 Å². The summed E-state index contributed by atoms with van der Waals surface area (Å²) in [5.74, 6) is 1.42. The first-order valence-corrected chi connectivity index (χ1v) is 7.67. The SMILES string of the molecule is Cl.Fc1ccc(-c2ccc(CNCCN3CCOCC3)o2)cc1. The van der Waals surface area contributed by atoms with E-state index in [-0.39, 0.29) is 18.2 Å². The zero-order valence-electron chi connectivity index (χ0n) is 13.0. The van der Waals surface area contributed by atoms with Crippen molar-refractivity contribution in [1.29, 1.82) is 0 Å². The second-order valence-electron chi connectivity index (χ2n) is 5.40. The molecule has 0 atom stereocenters. The molecule has 6 heteroatoms. The number of nitrogens with one attached hydrogen (secondary N) is 1. The van der Waals surface area contributed by atoms with Crippen molar-refractivity contribution < 1.29 is 13.5 Å². The van der Waals surface area contributed by atoms with Gasteiger partial charge in [0.25, 0.3) is 0 Å². The molecule has 23 heavy (non-hydrogen) atoms. The standard InChI is InChI=1S/C17H21FN2O2.ClH/c18-15-3-1-14(2-4-15)17-6-5-16(22-17)13-19-7-8-20-9-11-21-12-10-20;/h1-6,19H,7-13H2;1H. The molecule has 1 aliphatic heterocycles. The van der Waals surface area contributed by atoms with Gasteiger partial charge in [-0.1, -0.05) is 0 Å². The number of hydrogen-bond donors (Lipinski definition) is 1. The normalized spacial score (nSPS) is 15.3. The lowest BCUT2D eigenvalue weighted by atomic mass is 10.2. The van der Waals surface area contributed by atoms with E-state index in [1.807, 2.05) is 12.1 Å². The molecule has 2 aromatic rings. The van der Waals surface area contributed by atoms with Crippen molar-refractivity contribution in [3.8, 4) is 11.3 Å². The Balaban J connectivity index is 0.00000192. The minimum atomic E-state index is -0.236. The number of nitrogens with zero attached hydrogens (tertiary/aromatic N) is 1. The third-order valence-electron chi connectivity index (χ3n) is 3.80. The molecule has 1 fully saturated rings. The minimum Gasteiger partial charge on any atom is -0.460 e. The molecule has 0 unspecified atom stereocenters. The Hall–Kier alpha value is -1.40. The molecule has 0 aliphatic carbocycles. The second-order valence-corrected chi connectivity index (χ2v) is 5.40. The molecular weight excluding hydrogens is 319 g/mol. The maximum absolute atomic E-state index is 12.9. The zero-order chi connectivity index (χ0) is 15.2. The summed E-state index contributed by atoms with van der Waals surface area (Å²) in [6, 6.07) is 10.2. The summed E-state index contributed by atoms with van der Waals surface area (Å²) in [5, 5.41) is 3.39. The van der Waals surface area contributed by atoms with Gasteiger partial charge in [0.2, 0.25) is 0 Å². The van der Waals surface area contributed by atoms with Gasteiger partial charge in [-0.15, -0.1) is 12.4 Å². The largest absolute Gasteiger partial charge is 0.460 e. The van der Waals surface area contributed by atoms with E-state index < -0.39 is 0 Å². The van der Waals surface area contributed by atoms with E-state index in [0.717, 1.165) is 56.5 Å². The fourth-order valence-corrected chi connectivity index (χ4v) is 2.52. The summed E-state index contributed by atoms with van der Waals surface area (Å²) < 4.78 is 24.0. The van der Waals surface area contributed by atoms with Crippen LogP contribution in [0.5, 0.6) is 0 Å². The highest BCUT2D eigenvalue weighted by Gasteiger charge is 2.09. The van der Waals surface area contributed by atoms with Crippen LogP contribution in [0.3, 0.4) is 0 Å². The van der Waals surface area contributed by atoms with Gasteiger partial charge in [0.05, 0.1) is 19.8 Å². The van der Waals surface area contributed by atoms with Crippen molar-refractivity contribution in [2.75, 3.05) is 39.4 Å². The quantitative estimate of drug-likeness (QED) is 0.820. The number of benzene rings is 1. The molecule has 0 amide bonds. The summed E-state index contributed by atoms with van der Waals surface area (Å²) >= 11 is 0. The van der Waals surface area contributed by atoms with Crippen molar-refractivity contribution >= 4 is 12.4 Å².